The van der Waals surface area contributed by atoms with Gasteiger partial charge in [0, 0.05) is 15.7 Å². The van der Waals surface area contributed by atoms with Crippen LogP contribution in [0.4, 0.5) is 14.5 Å². The van der Waals surface area contributed by atoms with Crippen LogP contribution < -0.4 is 11.1 Å². The monoisotopic (exact) mass is 562 g/mol. The summed E-state index contributed by atoms with van der Waals surface area (Å²) in [6, 6.07) is 9.11. The summed E-state index contributed by atoms with van der Waals surface area (Å²) >= 11 is 2.46. The van der Waals surface area contributed by atoms with Crippen molar-refractivity contribution in [1.82, 2.24) is 9.97 Å². The Morgan fingerprint density at radius 1 is 1.21 bits per heavy atom. The zero-order valence-corrected chi connectivity index (χ0v) is 20.6. The summed E-state index contributed by atoms with van der Waals surface area (Å²) in [5.74, 6) is -1.71. The van der Waals surface area contributed by atoms with E-state index in [2.05, 4.69) is 44.8 Å². The van der Waals surface area contributed by atoms with Crippen molar-refractivity contribution in [2.75, 3.05) is 5.32 Å². The highest BCUT2D eigenvalue weighted by molar-refractivity contribution is 14.1. The molecule has 2 aromatic heterocycles. The fraction of sp³-hybridized carbons (Fsp3) is 0.320. The molecule has 172 valence electrons. The highest BCUT2D eigenvalue weighted by atomic mass is 127. The Bertz CT molecular complexity index is 1200. The van der Waals surface area contributed by atoms with Crippen LogP contribution in [0.1, 0.15) is 53.7 Å². The van der Waals surface area contributed by atoms with Crippen molar-refractivity contribution in [3.8, 4) is 11.3 Å². The fourth-order valence-electron chi connectivity index (χ4n) is 4.56. The number of carbonyl (C=O) groups excluding carboxylic acids is 1. The SMILES string of the molecule is Cc1ccc(F)c(-c2cccc(C(=O)Nc3cnccc3[C@H]3C[C@@H](N)CC(C)(I)C3)n2)c1F. The average molecular weight is 562 g/mol. The normalized spacial score (nSPS) is 22.7. The molecule has 3 atom stereocenters. The number of benzene rings is 1. The third-order valence-corrected chi connectivity index (χ3v) is 6.89. The molecule has 33 heavy (non-hydrogen) atoms. The fourth-order valence-corrected chi connectivity index (χ4v) is 5.65. The number of aromatic nitrogens is 2. The molecule has 1 aromatic carbocycles. The molecule has 0 saturated heterocycles. The minimum atomic E-state index is -0.729. The molecule has 1 aliphatic rings. The standard InChI is InChI=1S/C25H25F2IN4O/c1-14-6-7-18(26)22(23(14)27)19-4-3-5-20(31-19)24(33)32-21-13-30-9-8-17(21)15-10-16(29)12-25(2,28)11-15/h3-9,13,15-16H,10-12,29H2,1-2H3,(H,32,33)/t15-,16+,25?/m0/s1. The van der Waals surface area contributed by atoms with Gasteiger partial charge >= 0.3 is 0 Å². The first-order valence-corrected chi connectivity index (χ1v) is 11.8. The van der Waals surface area contributed by atoms with Crippen molar-refractivity contribution in [3.63, 3.8) is 0 Å². The number of nitrogens with two attached hydrogens (primary N) is 1. The van der Waals surface area contributed by atoms with Gasteiger partial charge in [0.15, 0.2) is 0 Å². The minimum absolute atomic E-state index is 0.0571. The van der Waals surface area contributed by atoms with Gasteiger partial charge in [-0.05, 0) is 67.5 Å². The van der Waals surface area contributed by atoms with E-state index in [4.69, 9.17) is 5.73 Å². The third kappa shape index (κ3) is 5.22. The lowest BCUT2D eigenvalue weighted by atomic mass is 9.76. The maximum absolute atomic E-state index is 14.6. The summed E-state index contributed by atoms with van der Waals surface area (Å²) < 4.78 is 29.0. The first-order chi connectivity index (χ1) is 15.6. The summed E-state index contributed by atoms with van der Waals surface area (Å²) in [6.07, 6.45) is 6.03. The van der Waals surface area contributed by atoms with Gasteiger partial charge in [-0.25, -0.2) is 13.8 Å². The Morgan fingerprint density at radius 3 is 2.76 bits per heavy atom. The third-order valence-electron chi connectivity index (χ3n) is 6.01. The van der Waals surface area contributed by atoms with Crippen LogP contribution in [-0.4, -0.2) is 25.3 Å². The zero-order valence-electron chi connectivity index (χ0n) is 18.4. The van der Waals surface area contributed by atoms with E-state index in [1.165, 1.54) is 24.3 Å². The molecule has 1 fully saturated rings. The largest absolute Gasteiger partial charge is 0.328 e. The predicted octanol–water partition coefficient (Wildman–Crippen LogP) is 5.77. The number of pyridine rings is 2. The molecular formula is C25H25F2IN4O. The molecule has 0 bridgehead atoms. The van der Waals surface area contributed by atoms with Gasteiger partial charge in [-0.3, -0.25) is 9.78 Å². The van der Waals surface area contributed by atoms with Crippen LogP contribution in [0.25, 0.3) is 11.3 Å². The number of rotatable bonds is 4. The van der Waals surface area contributed by atoms with Crippen molar-refractivity contribution in [3.05, 3.63) is 77.2 Å². The first-order valence-electron chi connectivity index (χ1n) is 10.8. The van der Waals surface area contributed by atoms with E-state index in [-0.39, 0.29) is 32.3 Å². The number of hydrogen-bond donors (Lipinski definition) is 2. The Labute approximate surface area is 205 Å². The van der Waals surface area contributed by atoms with Crippen molar-refractivity contribution in [1.29, 1.82) is 0 Å². The van der Waals surface area contributed by atoms with Crippen molar-refractivity contribution >= 4 is 34.2 Å². The van der Waals surface area contributed by atoms with E-state index in [9.17, 15) is 13.6 Å². The molecule has 3 aromatic rings. The van der Waals surface area contributed by atoms with E-state index in [1.807, 2.05) is 6.07 Å². The number of amides is 1. The summed E-state index contributed by atoms with van der Waals surface area (Å²) in [5.41, 5.74) is 8.05. The minimum Gasteiger partial charge on any atom is -0.328 e. The Hall–Kier alpha value is -2.46. The Morgan fingerprint density at radius 2 is 2.00 bits per heavy atom. The van der Waals surface area contributed by atoms with Gasteiger partial charge in [0.1, 0.15) is 17.3 Å². The van der Waals surface area contributed by atoms with Gasteiger partial charge in [-0.2, -0.15) is 0 Å². The van der Waals surface area contributed by atoms with Crippen LogP contribution in [-0.2, 0) is 0 Å². The van der Waals surface area contributed by atoms with E-state index in [0.717, 1.165) is 24.8 Å². The second-order valence-corrected chi connectivity index (χ2v) is 11.5. The van der Waals surface area contributed by atoms with Gasteiger partial charge in [0.25, 0.3) is 5.91 Å². The summed E-state index contributed by atoms with van der Waals surface area (Å²) in [5, 5.41) is 2.89. The number of carbonyl (C=O) groups is 1. The van der Waals surface area contributed by atoms with Gasteiger partial charge in [-0.1, -0.05) is 41.6 Å². The summed E-state index contributed by atoms with van der Waals surface area (Å²) in [7, 11) is 0. The van der Waals surface area contributed by atoms with Crippen molar-refractivity contribution in [2.24, 2.45) is 5.73 Å². The molecular weight excluding hydrogens is 537 g/mol. The van der Waals surface area contributed by atoms with Crippen LogP contribution in [0.2, 0.25) is 0 Å². The molecule has 0 spiro atoms. The van der Waals surface area contributed by atoms with E-state index >= 15 is 0 Å². The van der Waals surface area contributed by atoms with Crippen molar-refractivity contribution < 1.29 is 13.6 Å². The summed E-state index contributed by atoms with van der Waals surface area (Å²) in [4.78, 5) is 21.5. The average Bonchev–Trinajstić information content (AvgIpc) is 2.76. The number of hydrogen-bond acceptors (Lipinski definition) is 4. The zero-order chi connectivity index (χ0) is 23.8. The van der Waals surface area contributed by atoms with Crippen LogP contribution in [0, 0.1) is 18.6 Å². The summed E-state index contributed by atoms with van der Waals surface area (Å²) in [6.45, 7) is 3.74. The molecule has 0 radical (unpaired) electrons. The van der Waals surface area contributed by atoms with Crippen molar-refractivity contribution in [2.45, 2.75) is 48.5 Å². The van der Waals surface area contributed by atoms with Crippen LogP contribution in [0.5, 0.6) is 0 Å². The number of alkyl halides is 1. The maximum atomic E-state index is 14.6. The van der Waals surface area contributed by atoms with Crippen LogP contribution >= 0.6 is 22.6 Å². The molecule has 4 rings (SSSR count). The highest BCUT2D eigenvalue weighted by Crippen LogP contribution is 2.44. The van der Waals surface area contributed by atoms with E-state index in [1.54, 1.807) is 25.4 Å². The lowest BCUT2D eigenvalue weighted by molar-refractivity contribution is 0.102. The quantitative estimate of drug-likeness (QED) is 0.313. The number of nitrogens with one attached hydrogen (secondary N) is 1. The first kappa shape index (κ1) is 23.7. The smallest absolute Gasteiger partial charge is 0.274 e. The Balaban J connectivity index is 1.62. The van der Waals surface area contributed by atoms with Crippen LogP contribution in [0.15, 0.2) is 48.8 Å². The van der Waals surface area contributed by atoms with Gasteiger partial charge in [0.2, 0.25) is 0 Å². The van der Waals surface area contributed by atoms with Gasteiger partial charge in [0.05, 0.1) is 23.1 Å². The molecule has 8 heteroatoms. The molecule has 1 amide bonds. The highest BCUT2D eigenvalue weighted by Gasteiger charge is 2.35. The predicted molar refractivity (Wildman–Crippen MR) is 134 cm³/mol. The molecule has 3 N–H and O–H groups in total. The topological polar surface area (TPSA) is 80.9 Å². The Kier molecular flexibility index (Phi) is 6.76. The van der Waals surface area contributed by atoms with E-state index < -0.39 is 17.5 Å². The van der Waals surface area contributed by atoms with Gasteiger partial charge in [-0.15, -0.1) is 0 Å². The van der Waals surface area contributed by atoms with Gasteiger partial charge < -0.3 is 11.1 Å². The molecule has 1 saturated carbocycles. The second-order valence-electron chi connectivity index (χ2n) is 8.89. The second kappa shape index (κ2) is 9.42. The lowest BCUT2D eigenvalue weighted by Crippen LogP contribution is -2.38. The number of anilines is 1. The molecule has 5 nitrogen and oxygen atoms in total. The molecule has 1 unspecified atom stereocenters. The number of halogens is 3. The molecule has 2 heterocycles. The molecule has 0 aliphatic heterocycles. The van der Waals surface area contributed by atoms with Crippen LogP contribution in [0.3, 0.4) is 0 Å². The number of aryl methyl sites for hydroxylation is 1. The maximum Gasteiger partial charge on any atom is 0.274 e. The molecule has 1 aliphatic carbocycles. The van der Waals surface area contributed by atoms with E-state index in [0.29, 0.717) is 11.3 Å². The lowest BCUT2D eigenvalue weighted by Gasteiger charge is -2.38. The number of nitrogens with zero attached hydrogens (tertiary/aromatic N) is 2.